The number of alkyl halides is 1. The molecule has 1 aromatic rings. The van der Waals surface area contributed by atoms with Crippen molar-refractivity contribution in [2.75, 3.05) is 13.6 Å². The summed E-state index contributed by atoms with van der Waals surface area (Å²) in [7, 11) is -2.27. The van der Waals surface area contributed by atoms with Gasteiger partial charge in [-0.15, -0.1) is 11.6 Å². The van der Waals surface area contributed by atoms with E-state index in [-0.39, 0.29) is 21.4 Å². The van der Waals surface area contributed by atoms with Crippen LogP contribution in [0, 0.1) is 5.82 Å². The highest BCUT2D eigenvalue weighted by atomic mass is 35.5. The van der Waals surface area contributed by atoms with E-state index in [9.17, 15) is 12.8 Å². The average Bonchev–Trinajstić information content (AvgIpc) is 2.30. The van der Waals surface area contributed by atoms with Crippen LogP contribution < -0.4 is 0 Å². The molecule has 0 saturated heterocycles. The Bertz CT molecular complexity index is 519. The zero-order chi connectivity index (χ0) is 13.2. The number of sulfonamides is 1. The lowest BCUT2D eigenvalue weighted by Crippen LogP contribution is -2.26. The molecule has 0 aromatic heterocycles. The fourth-order valence-electron chi connectivity index (χ4n) is 1.21. The van der Waals surface area contributed by atoms with E-state index in [1.807, 2.05) is 0 Å². The molecule has 0 aliphatic rings. The maximum Gasteiger partial charge on any atom is 0.242 e. The first-order valence-corrected chi connectivity index (χ1v) is 7.20. The van der Waals surface area contributed by atoms with Crippen molar-refractivity contribution in [2.24, 2.45) is 0 Å². The first kappa shape index (κ1) is 14.7. The number of halogens is 3. The van der Waals surface area contributed by atoms with E-state index in [0.717, 1.165) is 10.4 Å². The van der Waals surface area contributed by atoms with Gasteiger partial charge in [0.1, 0.15) is 5.82 Å². The van der Waals surface area contributed by atoms with Gasteiger partial charge in [-0.2, -0.15) is 0 Å². The molecular weight excluding hydrogens is 288 g/mol. The summed E-state index contributed by atoms with van der Waals surface area (Å²) >= 11 is 11.2. The third-order valence-corrected chi connectivity index (χ3v) is 5.00. The van der Waals surface area contributed by atoms with E-state index < -0.39 is 15.8 Å². The van der Waals surface area contributed by atoms with Crippen molar-refractivity contribution >= 4 is 33.2 Å². The third-order valence-electron chi connectivity index (χ3n) is 2.37. The fraction of sp³-hybridized carbons (Fsp3) is 0.400. The largest absolute Gasteiger partial charge is 0.242 e. The van der Waals surface area contributed by atoms with Crippen molar-refractivity contribution < 1.29 is 12.8 Å². The topological polar surface area (TPSA) is 37.4 Å². The van der Waals surface area contributed by atoms with Crippen LogP contribution in [0.3, 0.4) is 0 Å². The predicted molar refractivity (Wildman–Crippen MR) is 66.5 cm³/mol. The number of hydrogen-bond acceptors (Lipinski definition) is 2. The molecule has 0 aliphatic carbocycles. The molecule has 0 bridgehead atoms. The summed E-state index contributed by atoms with van der Waals surface area (Å²) in [5.74, 6) is -0.831. The maximum atomic E-state index is 13.5. The molecule has 0 amide bonds. The summed E-state index contributed by atoms with van der Waals surface area (Å²) in [4.78, 5) is -0.139. The lowest BCUT2D eigenvalue weighted by atomic mass is 10.2. The van der Waals surface area contributed by atoms with Crippen molar-refractivity contribution in [1.29, 1.82) is 0 Å². The molecule has 96 valence electrons. The number of rotatable bonds is 4. The summed E-state index contributed by atoms with van der Waals surface area (Å²) in [5.41, 5.74) is 0.261. The monoisotopic (exact) mass is 299 g/mol. The zero-order valence-electron chi connectivity index (χ0n) is 9.37. The number of nitrogens with zero attached hydrogens (tertiary/aromatic N) is 1. The van der Waals surface area contributed by atoms with Crippen LogP contribution >= 0.6 is 23.2 Å². The van der Waals surface area contributed by atoms with Gasteiger partial charge in [-0.05, 0) is 17.7 Å². The van der Waals surface area contributed by atoms with Crippen LogP contribution in [0.1, 0.15) is 12.5 Å². The molecule has 7 heteroatoms. The zero-order valence-corrected chi connectivity index (χ0v) is 11.7. The van der Waals surface area contributed by atoms with Gasteiger partial charge < -0.3 is 0 Å². The molecule has 0 spiro atoms. The second-order valence-corrected chi connectivity index (χ2v) is 6.12. The van der Waals surface area contributed by atoms with Crippen molar-refractivity contribution in [2.45, 2.75) is 17.7 Å². The van der Waals surface area contributed by atoms with Gasteiger partial charge in [0.05, 0.1) is 9.92 Å². The Hall–Kier alpha value is -0.360. The van der Waals surface area contributed by atoms with Crippen molar-refractivity contribution in [3.05, 3.63) is 28.5 Å². The highest BCUT2D eigenvalue weighted by Gasteiger charge is 2.22. The van der Waals surface area contributed by atoms with Crippen molar-refractivity contribution in [3.63, 3.8) is 0 Å². The van der Waals surface area contributed by atoms with Gasteiger partial charge >= 0.3 is 0 Å². The minimum atomic E-state index is -3.68. The number of hydrogen-bond donors (Lipinski definition) is 0. The van der Waals surface area contributed by atoms with E-state index in [2.05, 4.69) is 0 Å². The highest BCUT2D eigenvalue weighted by molar-refractivity contribution is 7.89. The van der Waals surface area contributed by atoms with E-state index in [1.165, 1.54) is 13.1 Å². The van der Waals surface area contributed by atoms with Crippen LogP contribution in [0.5, 0.6) is 0 Å². The molecule has 1 aromatic carbocycles. The Balaban J connectivity index is 3.39. The summed E-state index contributed by atoms with van der Waals surface area (Å²) in [6, 6.07) is 2.19. The molecule has 3 nitrogen and oxygen atoms in total. The Morgan fingerprint density at radius 1 is 1.41 bits per heavy atom. The first-order chi connectivity index (χ1) is 7.84. The lowest BCUT2D eigenvalue weighted by molar-refractivity contribution is 0.485. The molecule has 1 rings (SSSR count). The minimum absolute atomic E-state index is 0.0467. The maximum absolute atomic E-state index is 13.5. The van der Waals surface area contributed by atoms with Crippen LogP contribution in [-0.2, 0) is 15.9 Å². The average molecular weight is 300 g/mol. The quantitative estimate of drug-likeness (QED) is 0.802. The van der Waals surface area contributed by atoms with Crippen LogP contribution in [-0.4, -0.2) is 26.3 Å². The molecule has 0 unspecified atom stereocenters. The van der Waals surface area contributed by atoms with Crippen LogP contribution in [0.25, 0.3) is 0 Å². The second kappa shape index (κ2) is 5.52. The predicted octanol–water partition coefficient (Wildman–Crippen LogP) is 2.86. The molecule has 0 fully saturated rings. The smallest absolute Gasteiger partial charge is 0.207 e. The summed E-state index contributed by atoms with van der Waals surface area (Å²) < 4.78 is 38.5. The Kier molecular flexibility index (Phi) is 4.77. The van der Waals surface area contributed by atoms with Crippen LogP contribution in [0.4, 0.5) is 4.39 Å². The molecular formula is C10H12Cl2FNO2S. The summed E-state index contributed by atoms with van der Waals surface area (Å²) in [6.45, 7) is 1.98. The molecule has 17 heavy (non-hydrogen) atoms. The Morgan fingerprint density at radius 2 is 2.00 bits per heavy atom. The highest BCUT2D eigenvalue weighted by Crippen LogP contribution is 2.26. The molecule has 0 N–H and O–H groups in total. The Labute approximate surface area is 110 Å². The van der Waals surface area contributed by atoms with E-state index in [0.29, 0.717) is 6.54 Å². The first-order valence-electron chi connectivity index (χ1n) is 4.84. The van der Waals surface area contributed by atoms with Gasteiger partial charge in [-0.3, -0.25) is 0 Å². The van der Waals surface area contributed by atoms with E-state index in [1.54, 1.807) is 6.92 Å². The number of benzene rings is 1. The summed E-state index contributed by atoms with van der Waals surface area (Å²) in [5, 5.41) is -0.141. The van der Waals surface area contributed by atoms with Crippen molar-refractivity contribution in [3.8, 4) is 0 Å². The van der Waals surface area contributed by atoms with Gasteiger partial charge in [-0.1, -0.05) is 18.5 Å². The second-order valence-electron chi connectivity index (χ2n) is 3.43. The summed E-state index contributed by atoms with van der Waals surface area (Å²) in [6.07, 6.45) is 0. The molecule has 0 atom stereocenters. The van der Waals surface area contributed by atoms with Gasteiger partial charge in [0.15, 0.2) is 0 Å². The normalized spacial score (nSPS) is 12.1. The molecule has 0 radical (unpaired) electrons. The fourth-order valence-corrected chi connectivity index (χ4v) is 2.91. The van der Waals surface area contributed by atoms with Gasteiger partial charge in [0.25, 0.3) is 0 Å². The Morgan fingerprint density at radius 3 is 2.47 bits per heavy atom. The van der Waals surface area contributed by atoms with Gasteiger partial charge in [0, 0.05) is 19.5 Å². The lowest BCUT2D eigenvalue weighted by Gasteiger charge is -2.16. The SMILES string of the molecule is CCN(C)S(=O)(=O)c1cc(F)c(Cl)c(CCl)c1. The third kappa shape index (κ3) is 2.91. The molecule has 0 heterocycles. The molecule has 0 aliphatic heterocycles. The van der Waals surface area contributed by atoms with E-state index >= 15 is 0 Å². The van der Waals surface area contributed by atoms with Crippen LogP contribution in [0.15, 0.2) is 17.0 Å². The van der Waals surface area contributed by atoms with E-state index in [4.69, 9.17) is 23.2 Å². The standard InChI is InChI=1S/C10H12Cl2FNO2S/c1-3-14(2)17(15,16)8-4-7(6-11)10(12)9(13)5-8/h4-5H,3,6H2,1-2H3. The van der Waals surface area contributed by atoms with Gasteiger partial charge in [0.2, 0.25) is 10.0 Å². The molecule has 0 saturated carbocycles. The minimum Gasteiger partial charge on any atom is -0.207 e. The van der Waals surface area contributed by atoms with Crippen LogP contribution in [0.2, 0.25) is 5.02 Å². The van der Waals surface area contributed by atoms with Crippen molar-refractivity contribution in [1.82, 2.24) is 4.31 Å². The van der Waals surface area contributed by atoms with Gasteiger partial charge in [-0.25, -0.2) is 17.1 Å².